The molecule has 134 valence electrons. The number of likely N-dealkylation sites (tertiary alicyclic amines) is 1. The maximum absolute atomic E-state index is 12.9. The van der Waals surface area contributed by atoms with Gasteiger partial charge in [0.25, 0.3) is 0 Å². The van der Waals surface area contributed by atoms with E-state index in [1.165, 1.54) is 6.07 Å². The minimum atomic E-state index is -4.39. The van der Waals surface area contributed by atoms with Gasteiger partial charge < -0.3 is 10.4 Å². The van der Waals surface area contributed by atoms with Crippen LogP contribution in [0.5, 0.6) is 0 Å². The number of nitrogens with one attached hydrogen (secondary N) is 1. The molecule has 0 bridgehead atoms. The Morgan fingerprint density at radius 2 is 2.12 bits per heavy atom. The van der Waals surface area contributed by atoms with Gasteiger partial charge in [-0.2, -0.15) is 13.2 Å². The number of amides is 1. The van der Waals surface area contributed by atoms with Gasteiger partial charge in [0.1, 0.15) is 0 Å². The lowest BCUT2D eigenvalue weighted by atomic mass is 10.0. The maximum Gasteiger partial charge on any atom is 0.416 e. The van der Waals surface area contributed by atoms with E-state index < -0.39 is 17.8 Å². The van der Waals surface area contributed by atoms with Crippen molar-refractivity contribution in [3.63, 3.8) is 0 Å². The van der Waals surface area contributed by atoms with Crippen molar-refractivity contribution < 1.29 is 23.1 Å². The Kier molecular flexibility index (Phi) is 5.87. The third kappa shape index (κ3) is 4.95. The Morgan fingerprint density at radius 3 is 2.75 bits per heavy atom. The highest BCUT2D eigenvalue weighted by molar-refractivity contribution is 5.76. The molecule has 24 heavy (non-hydrogen) atoms. The number of aliphatic hydroxyl groups excluding tert-OH is 1. The van der Waals surface area contributed by atoms with Crippen LogP contribution in [0.25, 0.3) is 0 Å². The highest BCUT2D eigenvalue weighted by atomic mass is 19.4. The van der Waals surface area contributed by atoms with Crippen molar-refractivity contribution in [1.29, 1.82) is 0 Å². The van der Waals surface area contributed by atoms with E-state index in [1.807, 2.05) is 18.7 Å². The van der Waals surface area contributed by atoms with Gasteiger partial charge in [-0.15, -0.1) is 0 Å². The van der Waals surface area contributed by atoms with Crippen LogP contribution < -0.4 is 5.32 Å². The van der Waals surface area contributed by atoms with Crippen molar-refractivity contribution in [2.75, 3.05) is 13.1 Å². The van der Waals surface area contributed by atoms with E-state index in [2.05, 4.69) is 5.32 Å². The first-order chi connectivity index (χ1) is 11.2. The van der Waals surface area contributed by atoms with E-state index in [-0.39, 0.29) is 24.4 Å². The second kappa shape index (κ2) is 7.53. The van der Waals surface area contributed by atoms with Crippen LogP contribution in [0.1, 0.15) is 43.9 Å². The standard InChI is InChI=1S/C17H23F3N2O2/c1-11(2)21-16(24)6-7-22-10-14(23)9-15(22)12-4-3-5-13(8-12)17(18,19)20/h3-5,8,11,14-15,23H,6-7,9-10H2,1-2H3,(H,21,24)/t14-,15+/m0/s1. The number of benzene rings is 1. The molecule has 0 saturated carbocycles. The summed E-state index contributed by atoms with van der Waals surface area (Å²) in [5.41, 5.74) is -0.176. The minimum absolute atomic E-state index is 0.0425. The predicted molar refractivity (Wildman–Crippen MR) is 84.3 cm³/mol. The second-order valence-corrected chi connectivity index (χ2v) is 6.50. The van der Waals surface area contributed by atoms with Crippen LogP contribution in [-0.4, -0.2) is 41.1 Å². The topological polar surface area (TPSA) is 52.6 Å². The number of aliphatic hydroxyl groups is 1. The monoisotopic (exact) mass is 344 g/mol. The summed E-state index contributed by atoms with van der Waals surface area (Å²) in [5, 5.41) is 12.7. The molecule has 7 heteroatoms. The number of nitrogens with zero attached hydrogens (tertiary/aromatic N) is 1. The van der Waals surface area contributed by atoms with E-state index in [9.17, 15) is 23.1 Å². The number of carbonyl (C=O) groups excluding carboxylic acids is 1. The first-order valence-electron chi connectivity index (χ1n) is 8.05. The fourth-order valence-electron chi connectivity index (χ4n) is 3.03. The van der Waals surface area contributed by atoms with E-state index in [4.69, 9.17) is 0 Å². The molecular formula is C17H23F3N2O2. The Bertz CT molecular complexity index is 575. The van der Waals surface area contributed by atoms with Gasteiger partial charge in [0.2, 0.25) is 5.91 Å². The summed E-state index contributed by atoms with van der Waals surface area (Å²) >= 11 is 0. The Hall–Kier alpha value is -1.60. The third-order valence-corrected chi connectivity index (χ3v) is 4.06. The molecule has 1 aliphatic heterocycles. The Morgan fingerprint density at radius 1 is 1.42 bits per heavy atom. The Balaban J connectivity index is 2.09. The third-order valence-electron chi connectivity index (χ3n) is 4.06. The summed E-state index contributed by atoms with van der Waals surface area (Å²) in [4.78, 5) is 13.6. The van der Waals surface area contributed by atoms with Gasteiger partial charge >= 0.3 is 6.18 Å². The van der Waals surface area contributed by atoms with Crippen LogP contribution in [0.15, 0.2) is 24.3 Å². The van der Waals surface area contributed by atoms with Gasteiger partial charge in [0, 0.05) is 31.6 Å². The predicted octanol–water partition coefficient (Wildman–Crippen LogP) is 2.73. The lowest BCUT2D eigenvalue weighted by molar-refractivity contribution is -0.137. The maximum atomic E-state index is 12.9. The lowest BCUT2D eigenvalue weighted by Crippen LogP contribution is -2.34. The summed E-state index contributed by atoms with van der Waals surface area (Å²) < 4.78 is 38.7. The van der Waals surface area contributed by atoms with E-state index in [0.29, 0.717) is 25.1 Å². The normalized spacial score (nSPS) is 22.1. The molecule has 1 amide bonds. The zero-order valence-corrected chi connectivity index (χ0v) is 13.8. The zero-order chi connectivity index (χ0) is 17.9. The molecule has 1 aromatic rings. The number of hydrogen-bond donors (Lipinski definition) is 2. The number of rotatable bonds is 5. The summed E-state index contributed by atoms with van der Waals surface area (Å²) in [6.45, 7) is 4.48. The first-order valence-corrected chi connectivity index (χ1v) is 8.05. The summed E-state index contributed by atoms with van der Waals surface area (Å²) in [7, 11) is 0. The number of alkyl halides is 3. The fourth-order valence-corrected chi connectivity index (χ4v) is 3.03. The van der Waals surface area contributed by atoms with Crippen LogP contribution in [0.3, 0.4) is 0 Å². The fraction of sp³-hybridized carbons (Fsp3) is 0.588. The Labute approximate surface area is 139 Å². The molecule has 2 N–H and O–H groups in total. The van der Waals surface area contributed by atoms with Crippen molar-refractivity contribution in [2.24, 2.45) is 0 Å². The zero-order valence-electron chi connectivity index (χ0n) is 13.8. The van der Waals surface area contributed by atoms with Gasteiger partial charge in [-0.05, 0) is 38.0 Å². The molecule has 2 atom stereocenters. The van der Waals surface area contributed by atoms with Gasteiger partial charge in [0.05, 0.1) is 11.7 Å². The highest BCUT2D eigenvalue weighted by Gasteiger charge is 2.35. The summed E-state index contributed by atoms with van der Waals surface area (Å²) in [6, 6.07) is 4.92. The van der Waals surface area contributed by atoms with Crippen molar-refractivity contribution in [3.8, 4) is 0 Å². The van der Waals surface area contributed by atoms with E-state index in [0.717, 1.165) is 12.1 Å². The number of hydrogen-bond acceptors (Lipinski definition) is 3. The molecule has 1 aromatic carbocycles. The minimum Gasteiger partial charge on any atom is -0.392 e. The van der Waals surface area contributed by atoms with E-state index in [1.54, 1.807) is 6.07 Å². The summed E-state index contributed by atoms with van der Waals surface area (Å²) in [6.07, 6.45) is -4.37. The molecule has 0 radical (unpaired) electrons. The average molecular weight is 344 g/mol. The lowest BCUT2D eigenvalue weighted by Gasteiger charge is -2.25. The molecule has 0 unspecified atom stereocenters. The number of halogens is 3. The van der Waals surface area contributed by atoms with Crippen LogP contribution in [0, 0.1) is 0 Å². The molecule has 1 saturated heterocycles. The highest BCUT2D eigenvalue weighted by Crippen LogP contribution is 2.36. The van der Waals surface area contributed by atoms with Gasteiger partial charge in [-0.3, -0.25) is 9.69 Å². The smallest absolute Gasteiger partial charge is 0.392 e. The van der Waals surface area contributed by atoms with Crippen molar-refractivity contribution in [3.05, 3.63) is 35.4 Å². The molecular weight excluding hydrogens is 321 g/mol. The second-order valence-electron chi connectivity index (χ2n) is 6.50. The quantitative estimate of drug-likeness (QED) is 0.864. The molecule has 4 nitrogen and oxygen atoms in total. The van der Waals surface area contributed by atoms with Gasteiger partial charge in [-0.25, -0.2) is 0 Å². The van der Waals surface area contributed by atoms with Crippen LogP contribution in [0.4, 0.5) is 13.2 Å². The van der Waals surface area contributed by atoms with E-state index >= 15 is 0 Å². The largest absolute Gasteiger partial charge is 0.416 e. The molecule has 1 fully saturated rings. The van der Waals surface area contributed by atoms with Gasteiger partial charge in [-0.1, -0.05) is 12.1 Å². The van der Waals surface area contributed by atoms with Crippen molar-refractivity contribution >= 4 is 5.91 Å². The molecule has 1 heterocycles. The first kappa shape index (κ1) is 18.7. The van der Waals surface area contributed by atoms with Crippen LogP contribution in [0.2, 0.25) is 0 Å². The molecule has 0 spiro atoms. The molecule has 0 aromatic heterocycles. The van der Waals surface area contributed by atoms with Crippen LogP contribution in [-0.2, 0) is 11.0 Å². The van der Waals surface area contributed by atoms with Gasteiger partial charge in [0.15, 0.2) is 0 Å². The SMILES string of the molecule is CC(C)NC(=O)CCN1C[C@@H](O)C[C@@H]1c1cccc(C(F)(F)F)c1. The number of carbonyl (C=O) groups is 1. The molecule has 2 rings (SSSR count). The molecule has 0 aliphatic carbocycles. The van der Waals surface area contributed by atoms with Crippen molar-refractivity contribution in [2.45, 2.75) is 51.1 Å². The number of β-amino-alcohol motifs (C(OH)–C–C–N with tert-alkyl or cyclic N) is 1. The van der Waals surface area contributed by atoms with Crippen LogP contribution >= 0.6 is 0 Å². The molecule has 1 aliphatic rings. The van der Waals surface area contributed by atoms with Crippen molar-refractivity contribution in [1.82, 2.24) is 10.2 Å². The summed E-state index contributed by atoms with van der Waals surface area (Å²) in [5.74, 6) is -0.103. The average Bonchev–Trinajstić information content (AvgIpc) is 2.85.